The fourth-order valence-electron chi connectivity index (χ4n) is 2.95. The van der Waals surface area contributed by atoms with E-state index in [9.17, 15) is 9.59 Å². The number of hydrogen-bond acceptors (Lipinski definition) is 6. The van der Waals surface area contributed by atoms with Crippen LogP contribution in [-0.4, -0.2) is 38.2 Å². The highest BCUT2D eigenvalue weighted by Crippen LogP contribution is 2.27. The van der Waals surface area contributed by atoms with Gasteiger partial charge in [-0.15, -0.1) is 5.10 Å². The van der Waals surface area contributed by atoms with Crippen LogP contribution in [0.1, 0.15) is 12.2 Å². The second-order valence-corrected chi connectivity index (χ2v) is 6.29. The zero-order chi connectivity index (χ0) is 20.2. The van der Waals surface area contributed by atoms with Gasteiger partial charge in [-0.05, 0) is 24.3 Å². The predicted molar refractivity (Wildman–Crippen MR) is 108 cm³/mol. The molecule has 2 aromatic heterocycles. The highest BCUT2D eigenvalue weighted by molar-refractivity contribution is 5.89. The molecule has 0 unspecified atom stereocenters. The van der Waals surface area contributed by atoms with Crippen LogP contribution < -0.4 is 15.6 Å². The van der Waals surface area contributed by atoms with Gasteiger partial charge in [0.15, 0.2) is 5.82 Å². The maximum atomic E-state index is 12.3. The molecular formula is C20H18N6O3. The smallest absolute Gasteiger partial charge is 0.258 e. The van der Waals surface area contributed by atoms with Crippen molar-refractivity contribution in [1.29, 1.82) is 0 Å². The molecular weight excluding hydrogens is 372 g/mol. The summed E-state index contributed by atoms with van der Waals surface area (Å²) in [5.74, 6) is 1.46. The Labute approximate surface area is 165 Å². The molecule has 0 aliphatic rings. The second kappa shape index (κ2) is 7.93. The Morgan fingerprint density at radius 2 is 1.90 bits per heavy atom. The van der Waals surface area contributed by atoms with Crippen LogP contribution in [0.5, 0.6) is 5.75 Å². The maximum Gasteiger partial charge on any atom is 0.258 e. The maximum absolute atomic E-state index is 12.3. The molecule has 1 amide bonds. The zero-order valence-corrected chi connectivity index (χ0v) is 15.6. The van der Waals surface area contributed by atoms with Crippen molar-refractivity contribution in [2.45, 2.75) is 12.8 Å². The lowest BCUT2D eigenvalue weighted by Gasteiger charge is -2.04. The molecule has 0 saturated heterocycles. The number of aromatic nitrogens is 5. The van der Waals surface area contributed by atoms with Crippen molar-refractivity contribution in [3.05, 3.63) is 64.7 Å². The molecule has 0 spiro atoms. The van der Waals surface area contributed by atoms with Crippen molar-refractivity contribution in [1.82, 2.24) is 25.1 Å². The average Bonchev–Trinajstić information content (AvgIpc) is 3.20. The number of nitrogens with zero attached hydrogens (tertiary/aromatic N) is 3. The van der Waals surface area contributed by atoms with Gasteiger partial charge < -0.3 is 9.72 Å². The monoisotopic (exact) mass is 390 g/mol. The minimum absolute atomic E-state index is 0.125. The molecule has 9 heteroatoms. The molecule has 0 bridgehead atoms. The summed E-state index contributed by atoms with van der Waals surface area (Å²) in [7, 11) is 1.57. The van der Waals surface area contributed by atoms with Crippen molar-refractivity contribution >= 4 is 22.8 Å². The first-order valence-corrected chi connectivity index (χ1v) is 8.97. The van der Waals surface area contributed by atoms with Gasteiger partial charge in [0.2, 0.25) is 11.9 Å². The van der Waals surface area contributed by atoms with Crippen LogP contribution in [0.3, 0.4) is 0 Å². The van der Waals surface area contributed by atoms with Crippen molar-refractivity contribution in [3.8, 4) is 17.1 Å². The first kappa shape index (κ1) is 18.4. The molecule has 0 fully saturated rings. The number of aromatic amines is 2. The Kier molecular flexibility index (Phi) is 5.02. The molecule has 0 radical (unpaired) electrons. The van der Waals surface area contributed by atoms with Crippen LogP contribution in [0, 0.1) is 0 Å². The number of methoxy groups -OCH3 is 1. The van der Waals surface area contributed by atoms with E-state index in [0.29, 0.717) is 28.3 Å². The Hall–Kier alpha value is -4.01. The number of benzene rings is 2. The summed E-state index contributed by atoms with van der Waals surface area (Å²) in [5.41, 5.74) is 1.12. The van der Waals surface area contributed by atoms with E-state index in [1.54, 1.807) is 25.3 Å². The molecule has 9 nitrogen and oxygen atoms in total. The van der Waals surface area contributed by atoms with Gasteiger partial charge in [0.05, 0.1) is 23.6 Å². The minimum Gasteiger partial charge on any atom is -0.496 e. The van der Waals surface area contributed by atoms with Crippen molar-refractivity contribution in [3.63, 3.8) is 0 Å². The minimum atomic E-state index is -0.286. The Balaban J connectivity index is 1.42. The number of aryl methyl sites for hydroxylation is 1. The summed E-state index contributed by atoms with van der Waals surface area (Å²) in [5, 5.41) is 9.97. The molecule has 0 saturated carbocycles. The summed E-state index contributed by atoms with van der Waals surface area (Å²) in [4.78, 5) is 35.7. The third-order valence-corrected chi connectivity index (χ3v) is 4.35. The van der Waals surface area contributed by atoms with Gasteiger partial charge in [-0.2, -0.15) is 4.98 Å². The standard InChI is InChI=1S/C20H18N6O3/c1-29-15-9-5-3-7-13(15)18-24-20(26-25-18)23-17(27)11-10-16-21-14-8-4-2-6-12(14)19(28)22-16/h2-9H,10-11H2,1H3,(H,21,22,28)(H2,23,24,25,26,27). The van der Waals surface area contributed by atoms with Crippen LogP contribution in [0.4, 0.5) is 5.95 Å². The summed E-state index contributed by atoms with van der Waals surface area (Å²) in [6.45, 7) is 0. The van der Waals surface area contributed by atoms with E-state index in [-0.39, 0.29) is 30.3 Å². The van der Waals surface area contributed by atoms with Crippen molar-refractivity contribution in [2.24, 2.45) is 0 Å². The highest BCUT2D eigenvalue weighted by Gasteiger charge is 2.13. The number of carbonyl (C=O) groups excluding carboxylic acids is 1. The van der Waals surface area contributed by atoms with E-state index in [1.807, 2.05) is 30.3 Å². The van der Waals surface area contributed by atoms with Gasteiger partial charge in [0.25, 0.3) is 5.56 Å². The van der Waals surface area contributed by atoms with E-state index in [4.69, 9.17) is 4.74 Å². The number of H-pyrrole nitrogens is 2. The van der Waals surface area contributed by atoms with E-state index < -0.39 is 0 Å². The van der Waals surface area contributed by atoms with Crippen LogP contribution >= 0.6 is 0 Å². The molecule has 2 heterocycles. The molecule has 0 aliphatic heterocycles. The molecule has 146 valence electrons. The Morgan fingerprint density at radius 1 is 1.10 bits per heavy atom. The number of anilines is 1. The predicted octanol–water partition coefficient (Wildman–Crippen LogP) is 2.29. The first-order valence-electron chi connectivity index (χ1n) is 8.97. The first-order chi connectivity index (χ1) is 14.1. The van der Waals surface area contributed by atoms with E-state index in [2.05, 4.69) is 30.5 Å². The van der Waals surface area contributed by atoms with Crippen LogP contribution in [0.15, 0.2) is 53.3 Å². The lowest BCUT2D eigenvalue weighted by molar-refractivity contribution is -0.116. The third-order valence-electron chi connectivity index (χ3n) is 4.35. The number of rotatable bonds is 6. The number of amides is 1. The molecule has 29 heavy (non-hydrogen) atoms. The summed E-state index contributed by atoms with van der Waals surface area (Å²) < 4.78 is 5.31. The molecule has 0 atom stereocenters. The quantitative estimate of drug-likeness (QED) is 0.464. The molecule has 4 aromatic rings. The number of para-hydroxylation sites is 2. The van der Waals surface area contributed by atoms with Gasteiger partial charge >= 0.3 is 0 Å². The van der Waals surface area contributed by atoms with Crippen molar-refractivity contribution < 1.29 is 9.53 Å². The second-order valence-electron chi connectivity index (χ2n) is 6.29. The van der Waals surface area contributed by atoms with E-state index in [1.165, 1.54) is 0 Å². The molecule has 0 aliphatic carbocycles. The molecule has 2 aromatic carbocycles. The Morgan fingerprint density at radius 3 is 2.76 bits per heavy atom. The number of ether oxygens (including phenoxy) is 1. The largest absolute Gasteiger partial charge is 0.496 e. The van der Waals surface area contributed by atoms with Gasteiger partial charge in [0.1, 0.15) is 11.6 Å². The fraction of sp³-hybridized carbons (Fsp3) is 0.150. The van der Waals surface area contributed by atoms with Crippen molar-refractivity contribution in [2.75, 3.05) is 12.4 Å². The topological polar surface area (TPSA) is 126 Å². The highest BCUT2D eigenvalue weighted by atomic mass is 16.5. The van der Waals surface area contributed by atoms with Gasteiger partial charge in [0, 0.05) is 12.8 Å². The summed E-state index contributed by atoms with van der Waals surface area (Å²) in [6, 6.07) is 14.4. The third kappa shape index (κ3) is 3.98. The van der Waals surface area contributed by atoms with Gasteiger partial charge in [-0.3, -0.25) is 20.0 Å². The fourth-order valence-corrected chi connectivity index (χ4v) is 2.95. The number of fused-ring (bicyclic) bond motifs is 1. The number of nitrogens with one attached hydrogen (secondary N) is 3. The Bertz CT molecular complexity index is 1230. The van der Waals surface area contributed by atoms with Gasteiger partial charge in [-0.25, -0.2) is 4.98 Å². The summed E-state index contributed by atoms with van der Waals surface area (Å²) >= 11 is 0. The summed E-state index contributed by atoms with van der Waals surface area (Å²) in [6.07, 6.45) is 0.412. The van der Waals surface area contributed by atoms with Crippen LogP contribution in [0.2, 0.25) is 0 Å². The average molecular weight is 390 g/mol. The van der Waals surface area contributed by atoms with Crippen LogP contribution in [-0.2, 0) is 11.2 Å². The SMILES string of the molecule is COc1ccccc1-c1nc(NC(=O)CCc2nc3ccccc3c(=O)[nH]2)n[nH]1. The van der Waals surface area contributed by atoms with E-state index in [0.717, 1.165) is 5.56 Å². The lowest BCUT2D eigenvalue weighted by atomic mass is 10.2. The van der Waals surface area contributed by atoms with Crippen LogP contribution in [0.25, 0.3) is 22.3 Å². The normalized spacial score (nSPS) is 10.8. The number of hydrogen-bond donors (Lipinski definition) is 3. The zero-order valence-electron chi connectivity index (χ0n) is 15.6. The number of carbonyl (C=O) groups is 1. The van der Waals surface area contributed by atoms with Gasteiger partial charge in [-0.1, -0.05) is 24.3 Å². The molecule has 4 rings (SSSR count). The molecule has 3 N–H and O–H groups in total. The lowest BCUT2D eigenvalue weighted by Crippen LogP contribution is -2.16. The van der Waals surface area contributed by atoms with E-state index >= 15 is 0 Å².